The minimum absolute atomic E-state index is 0.0823. The third-order valence-electron chi connectivity index (χ3n) is 4.03. The molecule has 0 aliphatic carbocycles. The van der Waals surface area contributed by atoms with E-state index in [0.717, 1.165) is 15.8 Å². The summed E-state index contributed by atoms with van der Waals surface area (Å²) in [5.74, 6) is 0. The van der Waals surface area contributed by atoms with Gasteiger partial charge in [-0.05, 0) is 17.7 Å². The number of benzene rings is 2. The second-order valence-corrected chi connectivity index (χ2v) is 6.66. The largest absolute Gasteiger partial charge is 0.370 e. The molecular formula is C18H17N3O2S. The van der Waals surface area contributed by atoms with E-state index in [1.165, 1.54) is 11.3 Å². The maximum absolute atomic E-state index is 12.5. The van der Waals surface area contributed by atoms with Crippen LogP contribution >= 0.6 is 11.3 Å². The van der Waals surface area contributed by atoms with Crippen molar-refractivity contribution in [2.45, 2.75) is 6.10 Å². The number of para-hydroxylation sites is 1. The lowest BCUT2D eigenvalue weighted by Gasteiger charge is -2.32. The summed E-state index contributed by atoms with van der Waals surface area (Å²) in [6.07, 6.45) is -0.0823. The van der Waals surface area contributed by atoms with E-state index in [1.807, 2.05) is 54.6 Å². The van der Waals surface area contributed by atoms with Crippen LogP contribution in [0.25, 0.3) is 10.2 Å². The number of amides is 2. The van der Waals surface area contributed by atoms with Crippen LogP contribution in [0.2, 0.25) is 0 Å². The number of carbonyl (C=O) groups is 1. The highest BCUT2D eigenvalue weighted by Crippen LogP contribution is 2.26. The highest BCUT2D eigenvalue weighted by Gasteiger charge is 2.25. The van der Waals surface area contributed by atoms with Gasteiger partial charge >= 0.3 is 6.03 Å². The van der Waals surface area contributed by atoms with E-state index < -0.39 is 0 Å². The number of hydrogen-bond donors (Lipinski definition) is 1. The van der Waals surface area contributed by atoms with Gasteiger partial charge in [0.15, 0.2) is 5.13 Å². The Morgan fingerprint density at radius 2 is 1.96 bits per heavy atom. The molecule has 0 radical (unpaired) electrons. The highest BCUT2D eigenvalue weighted by atomic mass is 32.1. The van der Waals surface area contributed by atoms with Gasteiger partial charge in [0.25, 0.3) is 0 Å². The highest BCUT2D eigenvalue weighted by molar-refractivity contribution is 7.22. The Morgan fingerprint density at radius 3 is 2.79 bits per heavy atom. The number of thiazole rings is 1. The summed E-state index contributed by atoms with van der Waals surface area (Å²) in [5, 5.41) is 3.54. The van der Waals surface area contributed by atoms with Gasteiger partial charge < -0.3 is 9.64 Å². The Balaban J connectivity index is 1.45. The molecule has 1 unspecified atom stereocenters. The minimum atomic E-state index is -0.127. The van der Waals surface area contributed by atoms with Gasteiger partial charge in [-0.1, -0.05) is 53.8 Å². The molecule has 2 aromatic carbocycles. The number of urea groups is 1. The molecule has 0 saturated carbocycles. The fourth-order valence-electron chi connectivity index (χ4n) is 2.80. The smallest absolute Gasteiger partial charge is 0.323 e. The van der Waals surface area contributed by atoms with Crippen molar-refractivity contribution in [2.24, 2.45) is 0 Å². The molecule has 1 N–H and O–H groups in total. The molecule has 1 aliphatic heterocycles. The zero-order valence-electron chi connectivity index (χ0n) is 13.0. The fraction of sp³-hybridized carbons (Fsp3) is 0.222. The van der Waals surface area contributed by atoms with E-state index in [0.29, 0.717) is 24.8 Å². The molecular weight excluding hydrogens is 322 g/mol. The van der Waals surface area contributed by atoms with Crippen molar-refractivity contribution in [3.8, 4) is 0 Å². The van der Waals surface area contributed by atoms with Crippen molar-refractivity contribution in [3.63, 3.8) is 0 Å². The first-order chi connectivity index (χ1) is 11.8. The molecule has 1 saturated heterocycles. The lowest BCUT2D eigenvalue weighted by atomic mass is 10.1. The molecule has 122 valence electrons. The first kappa shape index (κ1) is 15.1. The van der Waals surface area contributed by atoms with Crippen molar-refractivity contribution in [1.29, 1.82) is 0 Å². The number of aromatic nitrogens is 1. The summed E-state index contributed by atoms with van der Waals surface area (Å²) >= 11 is 1.49. The van der Waals surface area contributed by atoms with Crippen LogP contribution in [0.3, 0.4) is 0 Å². The average molecular weight is 339 g/mol. The molecule has 2 heterocycles. The molecule has 0 spiro atoms. The molecule has 1 aliphatic rings. The summed E-state index contributed by atoms with van der Waals surface area (Å²) in [4.78, 5) is 18.8. The Bertz CT molecular complexity index is 817. The second-order valence-electron chi connectivity index (χ2n) is 5.63. The lowest BCUT2D eigenvalue weighted by molar-refractivity contribution is -0.0135. The number of rotatable bonds is 2. The molecule has 5 nitrogen and oxygen atoms in total. The molecule has 4 rings (SSSR count). The quantitative estimate of drug-likeness (QED) is 0.770. The summed E-state index contributed by atoms with van der Waals surface area (Å²) in [6, 6.07) is 17.7. The van der Waals surface area contributed by atoms with Crippen LogP contribution in [0, 0.1) is 0 Å². The van der Waals surface area contributed by atoms with Crippen molar-refractivity contribution in [1.82, 2.24) is 9.88 Å². The molecule has 1 fully saturated rings. The van der Waals surface area contributed by atoms with Crippen LogP contribution in [0.15, 0.2) is 54.6 Å². The topological polar surface area (TPSA) is 54.5 Å². The van der Waals surface area contributed by atoms with Crippen LogP contribution in [0.5, 0.6) is 0 Å². The normalized spacial score (nSPS) is 17.8. The van der Waals surface area contributed by atoms with Crippen LogP contribution in [-0.2, 0) is 4.74 Å². The van der Waals surface area contributed by atoms with Gasteiger partial charge in [0.2, 0.25) is 0 Å². The van der Waals surface area contributed by atoms with Gasteiger partial charge in [0, 0.05) is 6.54 Å². The van der Waals surface area contributed by atoms with Gasteiger partial charge in [0.05, 0.1) is 23.4 Å². The third kappa shape index (κ3) is 3.11. The number of anilines is 1. The maximum Gasteiger partial charge on any atom is 0.323 e. The zero-order chi connectivity index (χ0) is 16.4. The van der Waals surface area contributed by atoms with E-state index in [-0.39, 0.29) is 12.1 Å². The molecule has 24 heavy (non-hydrogen) atoms. The summed E-state index contributed by atoms with van der Waals surface area (Å²) in [6.45, 7) is 1.66. The van der Waals surface area contributed by atoms with E-state index in [9.17, 15) is 4.79 Å². The molecule has 2 amide bonds. The average Bonchev–Trinajstić information content (AvgIpc) is 3.05. The Labute approximate surface area is 143 Å². The number of hydrogen-bond acceptors (Lipinski definition) is 4. The van der Waals surface area contributed by atoms with Gasteiger partial charge in [-0.2, -0.15) is 0 Å². The van der Waals surface area contributed by atoms with Crippen LogP contribution in [0.4, 0.5) is 9.93 Å². The molecule has 0 bridgehead atoms. The Morgan fingerprint density at radius 1 is 1.17 bits per heavy atom. The number of nitrogens with one attached hydrogen (secondary N) is 1. The summed E-state index contributed by atoms with van der Waals surface area (Å²) in [7, 11) is 0. The van der Waals surface area contributed by atoms with E-state index in [1.54, 1.807) is 4.90 Å². The van der Waals surface area contributed by atoms with Crippen molar-refractivity contribution in [3.05, 3.63) is 60.2 Å². The second kappa shape index (κ2) is 6.59. The molecule has 1 atom stereocenters. The van der Waals surface area contributed by atoms with E-state index in [2.05, 4.69) is 10.3 Å². The van der Waals surface area contributed by atoms with E-state index in [4.69, 9.17) is 4.74 Å². The first-order valence-electron chi connectivity index (χ1n) is 7.87. The lowest BCUT2D eigenvalue weighted by Crippen LogP contribution is -2.44. The number of nitrogens with zero attached hydrogens (tertiary/aromatic N) is 2. The van der Waals surface area contributed by atoms with E-state index >= 15 is 0 Å². The summed E-state index contributed by atoms with van der Waals surface area (Å²) < 4.78 is 6.87. The predicted molar refractivity (Wildman–Crippen MR) is 95.3 cm³/mol. The number of carbonyl (C=O) groups excluding carboxylic acids is 1. The predicted octanol–water partition coefficient (Wildman–Crippen LogP) is 3.90. The monoisotopic (exact) mass is 339 g/mol. The number of morpholine rings is 1. The third-order valence-corrected chi connectivity index (χ3v) is 4.98. The van der Waals surface area contributed by atoms with Crippen molar-refractivity contribution in [2.75, 3.05) is 25.0 Å². The number of fused-ring (bicyclic) bond motifs is 1. The molecule has 6 heteroatoms. The SMILES string of the molecule is O=C(Nc1nc2ccccc2s1)N1CCOC(c2ccccc2)C1. The van der Waals surface area contributed by atoms with Gasteiger partial charge in [-0.15, -0.1) is 0 Å². The van der Waals surface area contributed by atoms with Gasteiger partial charge in [0.1, 0.15) is 6.10 Å². The van der Waals surface area contributed by atoms with Gasteiger partial charge in [-0.25, -0.2) is 9.78 Å². The van der Waals surface area contributed by atoms with Crippen LogP contribution in [-0.4, -0.2) is 35.6 Å². The zero-order valence-corrected chi connectivity index (χ0v) is 13.8. The Hall–Kier alpha value is -2.44. The van der Waals surface area contributed by atoms with Crippen molar-refractivity contribution >= 4 is 32.7 Å². The minimum Gasteiger partial charge on any atom is -0.370 e. The van der Waals surface area contributed by atoms with Gasteiger partial charge in [-0.3, -0.25) is 5.32 Å². The van der Waals surface area contributed by atoms with Crippen molar-refractivity contribution < 1.29 is 9.53 Å². The molecule has 1 aromatic heterocycles. The van der Waals surface area contributed by atoms with Crippen LogP contribution in [0.1, 0.15) is 11.7 Å². The van der Waals surface area contributed by atoms with Crippen LogP contribution < -0.4 is 5.32 Å². The fourth-order valence-corrected chi connectivity index (χ4v) is 3.65. The summed E-state index contributed by atoms with van der Waals surface area (Å²) in [5.41, 5.74) is 2.00. The number of ether oxygens (including phenoxy) is 1. The Kier molecular flexibility index (Phi) is 4.15. The first-order valence-corrected chi connectivity index (χ1v) is 8.69. The maximum atomic E-state index is 12.5. The molecule has 3 aromatic rings. The standard InChI is InChI=1S/C18H17N3O2S/c22-18(20-17-19-14-8-4-5-9-16(14)24-17)21-10-11-23-15(12-21)13-6-2-1-3-7-13/h1-9,15H,10-12H2,(H,19,20,22).